The van der Waals surface area contributed by atoms with Gasteiger partial charge in [0.2, 0.25) is 0 Å². The van der Waals surface area contributed by atoms with Crippen molar-refractivity contribution >= 4 is 0 Å². The minimum atomic E-state index is 0.00180. The highest BCUT2D eigenvalue weighted by atomic mass is 16.5. The van der Waals surface area contributed by atoms with Gasteiger partial charge in [-0.25, -0.2) is 0 Å². The molecule has 0 heterocycles. The lowest BCUT2D eigenvalue weighted by Crippen LogP contribution is -2.19. The molecule has 0 radical (unpaired) electrons. The molecule has 2 aliphatic rings. The Hall–Kier alpha value is -1.60. The molecule has 2 atom stereocenters. The Bertz CT molecular complexity index is 798. The molecule has 1 nitrogen and oxygen atoms in total. The summed E-state index contributed by atoms with van der Waals surface area (Å²) in [5, 5.41) is 0. The maximum Gasteiger partial charge on any atom is 0.0598 e. The molecule has 0 N–H and O–H groups in total. The predicted molar refractivity (Wildman–Crippen MR) is 119 cm³/mol. The average molecular weight is 377 g/mol. The van der Waals surface area contributed by atoms with Crippen LogP contribution >= 0.6 is 0 Å². The van der Waals surface area contributed by atoms with E-state index in [9.17, 15) is 0 Å². The van der Waals surface area contributed by atoms with E-state index >= 15 is 0 Å². The molecule has 0 amide bonds. The summed E-state index contributed by atoms with van der Waals surface area (Å²) in [6, 6.07) is 16.1. The van der Waals surface area contributed by atoms with E-state index < -0.39 is 0 Å². The van der Waals surface area contributed by atoms with E-state index in [2.05, 4.69) is 63.2 Å². The van der Waals surface area contributed by atoms with Crippen LogP contribution in [0.1, 0.15) is 88.3 Å². The standard InChI is InChI=1S/C27H36O/c1-27(2,3)28-18-8-4-5-11-20-13-9-15-22(20)24-16-10-17-25-23-14-7-6-12-21(23)19-26(24)25/h6-7,10,12,14,16-17,20,22H,4-5,8-9,11,13,15,18-19H2,1-3H3. The second-order valence-corrected chi connectivity index (χ2v) is 9.81. The number of unbranched alkanes of at least 4 members (excludes halogenated alkanes) is 2. The Balaban J connectivity index is 1.37. The van der Waals surface area contributed by atoms with Crippen LogP contribution in [0.25, 0.3) is 11.1 Å². The van der Waals surface area contributed by atoms with Gasteiger partial charge in [-0.05, 0) is 92.5 Å². The summed E-state index contributed by atoms with van der Waals surface area (Å²) < 4.78 is 5.87. The van der Waals surface area contributed by atoms with Gasteiger partial charge in [0.1, 0.15) is 0 Å². The molecule has 0 spiro atoms. The predicted octanol–water partition coefficient (Wildman–Crippen LogP) is 7.52. The number of hydrogen-bond acceptors (Lipinski definition) is 1. The largest absolute Gasteiger partial charge is 0.376 e. The first kappa shape index (κ1) is 19.7. The second-order valence-electron chi connectivity index (χ2n) is 9.81. The third-order valence-electron chi connectivity index (χ3n) is 6.70. The quantitative estimate of drug-likeness (QED) is 0.387. The van der Waals surface area contributed by atoms with E-state index in [1.165, 1.54) is 61.6 Å². The molecule has 0 bridgehead atoms. The van der Waals surface area contributed by atoms with Crippen LogP contribution in [0.2, 0.25) is 0 Å². The first-order valence-electron chi connectivity index (χ1n) is 11.4. The Morgan fingerprint density at radius 2 is 1.71 bits per heavy atom. The summed E-state index contributed by atoms with van der Waals surface area (Å²) in [4.78, 5) is 0. The molecule has 4 rings (SSSR count). The normalized spacial score (nSPS) is 21.0. The van der Waals surface area contributed by atoms with Gasteiger partial charge in [0.05, 0.1) is 5.60 Å². The minimum Gasteiger partial charge on any atom is -0.376 e. The van der Waals surface area contributed by atoms with Crippen LogP contribution < -0.4 is 0 Å². The SMILES string of the molecule is CC(C)(C)OCCCCCC1CCCC1c1cccc2c1Cc1ccccc1-2. The van der Waals surface area contributed by atoms with Crippen LogP contribution in [-0.2, 0) is 11.2 Å². The zero-order chi connectivity index (χ0) is 19.6. The van der Waals surface area contributed by atoms with Gasteiger partial charge in [-0.1, -0.05) is 61.7 Å². The first-order valence-corrected chi connectivity index (χ1v) is 11.4. The Morgan fingerprint density at radius 3 is 2.57 bits per heavy atom. The monoisotopic (exact) mass is 376 g/mol. The number of hydrogen-bond donors (Lipinski definition) is 0. The lowest BCUT2D eigenvalue weighted by Gasteiger charge is -2.23. The van der Waals surface area contributed by atoms with Crippen LogP contribution in [0.5, 0.6) is 0 Å². The number of ether oxygens (including phenoxy) is 1. The van der Waals surface area contributed by atoms with Crippen LogP contribution in [0, 0.1) is 5.92 Å². The van der Waals surface area contributed by atoms with Crippen molar-refractivity contribution in [2.45, 2.75) is 83.7 Å². The van der Waals surface area contributed by atoms with Crippen molar-refractivity contribution in [3.63, 3.8) is 0 Å². The molecule has 0 aliphatic heterocycles. The zero-order valence-electron chi connectivity index (χ0n) is 18.0. The Labute approximate surface area is 171 Å². The maximum absolute atomic E-state index is 5.87. The summed E-state index contributed by atoms with van der Waals surface area (Å²) in [6.45, 7) is 7.34. The van der Waals surface area contributed by atoms with Gasteiger partial charge in [-0.2, -0.15) is 0 Å². The van der Waals surface area contributed by atoms with Gasteiger partial charge in [-0.3, -0.25) is 0 Å². The van der Waals surface area contributed by atoms with Crippen molar-refractivity contribution in [3.05, 3.63) is 59.2 Å². The van der Waals surface area contributed by atoms with Crippen molar-refractivity contribution in [1.82, 2.24) is 0 Å². The van der Waals surface area contributed by atoms with E-state index in [4.69, 9.17) is 4.74 Å². The molecule has 2 unspecified atom stereocenters. The first-order chi connectivity index (χ1) is 13.5. The third kappa shape index (κ3) is 4.35. The molecule has 28 heavy (non-hydrogen) atoms. The summed E-state index contributed by atoms with van der Waals surface area (Å²) in [5.74, 6) is 1.65. The summed E-state index contributed by atoms with van der Waals surface area (Å²) in [7, 11) is 0. The fourth-order valence-electron chi connectivity index (χ4n) is 5.38. The van der Waals surface area contributed by atoms with Crippen molar-refractivity contribution < 1.29 is 4.74 Å². The lowest BCUT2D eigenvalue weighted by molar-refractivity contribution is -0.00482. The van der Waals surface area contributed by atoms with Gasteiger partial charge in [-0.15, -0.1) is 0 Å². The molecule has 0 saturated heterocycles. The summed E-state index contributed by atoms with van der Waals surface area (Å²) >= 11 is 0. The summed E-state index contributed by atoms with van der Waals surface area (Å²) in [5.41, 5.74) is 7.76. The topological polar surface area (TPSA) is 9.23 Å². The molecule has 1 saturated carbocycles. The minimum absolute atomic E-state index is 0.00180. The lowest BCUT2D eigenvalue weighted by atomic mass is 9.82. The molecule has 2 aromatic rings. The van der Waals surface area contributed by atoms with Crippen molar-refractivity contribution in [3.8, 4) is 11.1 Å². The van der Waals surface area contributed by atoms with E-state index in [0.29, 0.717) is 0 Å². The zero-order valence-corrected chi connectivity index (χ0v) is 18.0. The van der Waals surface area contributed by atoms with Crippen LogP contribution in [-0.4, -0.2) is 12.2 Å². The summed E-state index contributed by atoms with van der Waals surface area (Å²) in [6.07, 6.45) is 10.6. The number of rotatable bonds is 7. The Kier molecular flexibility index (Phi) is 5.92. The molecule has 150 valence electrons. The van der Waals surface area contributed by atoms with Gasteiger partial charge >= 0.3 is 0 Å². The highest BCUT2D eigenvalue weighted by Gasteiger charge is 2.32. The van der Waals surface area contributed by atoms with E-state index in [1.807, 2.05) is 0 Å². The van der Waals surface area contributed by atoms with Crippen LogP contribution in [0.4, 0.5) is 0 Å². The second kappa shape index (κ2) is 8.41. The van der Waals surface area contributed by atoms with Gasteiger partial charge in [0.15, 0.2) is 0 Å². The van der Waals surface area contributed by atoms with Crippen molar-refractivity contribution in [2.75, 3.05) is 6.61 Å². The van der Waals surface area contributed by atoms with Gasteiger partial charge < -0.3 is 4.74 Å². The third-order valence-corrected chi connectivity index (χ3v) is 6.70. The molecular weight excluding hydrogens is 340 g/mol. The molecular formula is C27H36O. The van der Waals surface area contributed by atoms with Crippen molar-refractivity contribution in [2.24, 2.45) is 5.92 Å². The van der Waals surface area contributed by atoms with Crippen LogP contribution in [0.3, 0.4) is 0 Å². The molecule has 2 aliphatic carbocycles. The fourth-order valence-corrected chi connectivity index (χ4v) is 5.38. The Morgan fingerprint density at radius 1 is 0.893 bits per heavy atom. The van der Waals surface area contributed by atoms with Gasteiger partial charge in [0.25, 0.3) is 0 Å². The highest BCUT2D eigenvalue weighted by molar-refractivity contribution is 5.78. The smallest absolute Gasteiger partial charge is 0.0598 e. The maximum atomic E-state index is 5.87. The number of benzene rings is 2. The molecule has 0 aromatic heterocycles. The van der Waals surface area contributed by atoms with E-state index in [0.717, 1.165) is 24.9 Å². The number of fused-ring (bicyclic) bond motifs is 3. The highest BCUT2D eigenvalue weighted by Crippen LogP contribution is 2.47. The molecule has 1 heteroatoms. The van der Waals surface area contributed by atoms with Crippen LogP contribution in [0.15, 0.2) is 42.5 Å². The fraction of sp³-hybridized carbons (Fsp3) is 0.556. The van der Waals surface area contributed by atoms with Crippen molar-refractivity contribution in [1.29, 1.82) is 0 Å². The van der Waals surface area contributed by atoms with Gasteiger partial charge in [0, 0.05) is 6.61 Å². The molecule has 1 fully saturated rings. The van der Waals surface area contributed by atoms with E-state index in [1.54, 1.807) is 11.1 Å². The average Bonchev–Trinajstić information content (AvgIpc) is 3.28. The van der Waals surface area contributed by atoms with E-state index in [-0.39, 0.29) is 5.60 Å². The molecule has 2 aromatic carbocycles.